The lowest BCUT2D eigenvalue weighted by Gasteiger charge is -2.13. The molecule has 2 aromatic carbocycles. The normalized spacial score (nSPS) is 10.1. The molecule has 0 spiro atoms. The maximum atomic E-state index is 5.80. The van der Waals surface area contributed by atoms with Gasteiger partial charge in [-0.05, 0) is 36.8 Å². The Kier molecular flexibility index (Phi) is 3.80. The first-order valence-corrected chi connectivity index (χ1v) is 5.99. The Hall–Kier alpha value is -2.36. The first-order valence-electron chi connectivity index (χ1n) is 5.99. The van der Waals surface area contributed by atoms with Gasteiger partial charge in [-0.15, -0.1) is 0 Å². The molecular weight excluding hydrogens is 240 g/mol. The van der Waals surface area contributed by atoms with E-state index < -0.39 is 0 Å². The van der Waals surface area contributed by atoms with Crippen LogP contribution in [0.4, 0.5) is 17.1 Å². The van der Waals surface area contributed by atoms with Crippen molar-refractivity contribution in [3.63, 3.8) is 0 Å². The third-order valence-corrected chi connectivity index (χ3v) is 2.92. The van der Waals surface area contributed by atoms with Crippen LogP contribution in [-0.4, -0.2) is 14.2 Å². The molecule has 0 heterocycles. The van der Waals surface area contributed by atoms with Gasteiger partial charge in [-0.25, -0.2) is 0 Å². The van der Waals surface area contributed by atoms with E-state index in [9.17, 15) is 0 Å². The topological polar surface area (TPSA) is 56.5 Å². The molecule has 0 saturated heterocycles. The van der Waals surface area contributed by atoms with E-state index in [1.54, 1.807) is 14.2 Å². The molecule has 19 heavy (non-hydrogen) atoms. The Morgan fingerprint density at radius 2 is 1.68 bits per heavy atom. The number of methoxy groups -OCH3 is 2. The monoisotopic (exact) mass is 258 g/mol. The first kappa shape index (κ1) is 13.1. The number of nitrogens with one attached hydrogen (secondary N) is 1. The van der Waals surface area contributed by atoms with Crippen LogP contribution in [0, 0.1) is 6.92 Å². The maximum Gasteiger partial charge on any atom is 0.162 e. The lowest BCUT2D eigenvalue weighted by Crippen LogP contribution is -1.97. The molecule has 0 aliphatic carbocycles. The number of aryl methyl sites for hydroxylation is 1. The number of hydrogen-bond donors (Lipinski definition) is 2. The van der Waals surface area contributed by atoms with E-state index in [-0.39, 0.29) is 0 Å². The van der Waals surface area contributed by atoms with Crippen molar-refractivity contribution in [2.24, 2.45) is 0 Å². The zero-order chi connectivity index (χ0) is 13.8. The SMILES string of the molecule is COc1ccc(Nc2cc(N)ccc2C)cc1OC. The van der Waals surface area contributed by atoms with Gasteiger partial charge >= 0.3 is 0 Å². The van der Waals surface area contributed by atoms with Crippen LogP contribution in [0.2, 0.25) is 0 Å². The Bertz CT molecular complexity index is 582. The van der Waals surface area contributed by atoms with Gasteiger partial charge in [-0.3, -0.25) is 0 Å². The van der Waals surface area contributed by atoms with Gasteiger partial charge in [0.25, 0.3) is 0 Å². The second-order valence-corrected chi connectivity index (χ2v) is 4.27. The van der Waals surface area contributed by atoms with Crippen molar-refractivity contribution in [3.8, 4) is 11.5 Å². The smallest absolute Gasteiger partial charge is 0.162 e. The van der Waals surface area contributed by atoms with Crippen LogP contribution in [0.5, 0.6) is 11.5 Å². The molecule has 2 rings (SSSR count). The summed E-state index contributed by atoms with van der Waals surface area (Å²) in [6.07, 6.45) is 0. The minimum absolute atomic E-state index is 0.689. The van der Waals surface area contributed by atoms with Gasteiger partial charge in [0.15, 0.2) is 11.5 Å². The van der Waals surface area contributed by atoms with Crippen molar-refractivity contribution in [1.82, 2.24) is 0 Å². The molecule has 0 unspecified atom stereocenters. The Morgan fingerprint density at radius 3 is 2.37 bits per heavy atom. The van der Waals surface area contributed by atoms with Crippen LogP contribution >= 0.6 is 0 Å². The Morgan fingerprint density at radius 1 is 0.947 bits per heavy atom. The van der Waals surface area contributed by atoms with E-state index in [1.807, 2.05) is 43.3 Å². The van der Waals surface area contributed by atoms with Gasteiger partial charge in [0, 0.05) is 23.1 Å². The van der Waals surface area contributed by atoms with E-state index >= 15 is 0 Å². The summed E-state index contributed by atoms with van der Waals surface area (Å²) in [5.41, 5.74) is 9.56. The average Bonchev–Trinajstić information content (AvgIpc) is 2.42. The fraction of sp³-hybridized carbons (Fsp3) is 0.200. The summed E-state index contributed by atoms with van der Waals surface area (Å²) in [6.45, 7) is 2.03. The summed E-state index contributed by atoms with van der Waals surface area (Å²) in [4.78, 5) is 0. The van der Waals surface area contributed by atoms with Crippen molar-refractivity contribution in [3.05, 3.63) is 42.0 Å². The predicted molar refractivity (Wildman–Crippen MR) is 78.4 cm³/mol. The summed E-state index contributed by atoms with van der Waals surface area (Å²) < 4.78 is 10.5. The van der Waals surface area contributed by atoms with Crippen LogP contribution in [0.15, 0.2) is 36.4 Å². The standard InChI is InChI=1S/C15H18N2O2/c1-10-4-5-11(16)8-13(10)17-12-6-7-14(18-2)15(9-12)19-3/h4-9,17H,16H2,1-3H3. The lowest BCUT2D eigenvalue weighted by molar-refractivity contribution is 0.355. The highest BCUT2D eigenvalue weighted by molar-refractivity contribution is 5.68. The van der Waals surface area contributed by atoms with E-state index in [4.69, 9.17) is 15.2 Å². The van der Waals surface area contributed by atoms with Crippen LogP contribution in [0.1, 0.15) is 5.56 Å². The average molecular weight is 258 g/mol. The van der Waals surface area contributed by atoms with E-state index in [0.717, 1.165) is 22.6 Å². The molecule has 4 nitrogen and oxygen atoms in total. The molecule has 2 aromatic rings. The van der Waals surface area contributed by atoms with Crippen molar-refractivity contribution in [2.45, 2.75) is 6.92 Å². The van der Waals surface area contributed by atoms with Gasteiger partial charge in [0.2, 0.25) is 0 Å². The predicted octanol–water partition coefficient (Wildman–Crippen LogP) is 3.34. The van der Waals surface area contributed by atoms with E-state index in [0.29, 0.717) is 11.5 Å². The summed E-state index contributed by atoms with van der Waals surface area (Å²) in [5.74, 6) is 1.39. The van der Waals surface area contributed by atoms with Gasteiger partial charge in [0.05, 0.1) is 14.2 Å². The minimum atomic E-state index is 0.689. The fourth-order valence-corrected chi connectivity index (χ4v) is 1.84. The molecule has 0 aliphatic heterocycles. The van der Waals surface area contributed by atoms with Crippen LogP contribution in [0.25, 0.3) is 0 Å². The number of hydrogen-bond acceptors (Lipinski definition) is 4. The summed E-state index contributed by atoms with van der Waals surface area (Å²) in [7, 11) is 3.24. The molecule has 3 N–H and O–H groups in total. The molecule has 0 atom stereocenters. The number of anilines is 3. The maximum absolute atomic E-state index is 5.80. The quantitative estimate of drug-likeness (QED) is 0.826. The molecule has 0 fully saturated rings. The highest BCUT2D eigenvalue weighted by Crippen LogP contribution is 2.32. The van der Waals surface area contributed by atoms with Crippen LogP contribution in [-0.2, 0) is 0 Å². The summed E-state index contributed by atoms with van der Waals surface area (Å²) >= 11 is 0. The van der Waals surface area contributed by atoms with Crippen molar-refractivity contribution >= 4 is 17.1 Å². The number of nitrogens with two attached hydrogens (primary N) is 1. The Balaban J connectivity index is 2.30. The molecule has 0 aliphatic rings. The zero-order valence-corrected chi connectivity index (χ0v) is 11.4. The number of nitrogen functional groups attached to an aromatic ring is 1. The molecule has 0 amide bonds. The third-order valence-electron chi connectivity index (χ3n) is 2.92. The second kappa shape index (κ2) is 5.52. The molecule has 100 valence electrons. The molecule has 0 radical (unpaired) electrons. The van der Waals surface area contributed by atoms with Gasteiger partial charge in [0.1, 0.15) is 0 Å². The molecule has 0 aromatic heterocycles. The number of benzene rings is 2. The van der Waals surface area contributed by atoms with Crippen molar-refractivity contribution in [2.75, 3.05) is 25.3 Å². The molecule has 0 bridgehead atoms. The van der Waals surface area contributed by atoms with Crippen molar-refractivity contribution < 1.29 is 9.47 Å². The molecular formula is C15H18N2O2. The zero-order valence-electron chi connectivity index (χ0n) is 11.4. The summed E-state index contributed by atoms with van der Waals surface area (Å²) in [5, 5.41) is 3.32. The molecule has 4 heteroatoms. The molecule has 0 saturated carbocycles. The second-order valence-electron chi connectivity index (χ2n) is 4.27. The van der Waals surface area contributed by atoms with Gasteiger partial charge in [-0.2, -0.15) is 0 Å². The highest BCUT2D eigenvalue weighted by atomic mass is 16.5. The van der Waals surface area contributed by atoms with Gasteiger partial charge < -0.3 is 20.5 Å². The minimum Gasteiger partial charge on any atom is -0.493 e. The third kappa shape index (κ3) is 2.91. The fourth-order valence-electron chi connectivity index (χ4n) is 1.84. The lowest BCUT2D eigenvalue weighted by atomic mass is 10.1. The largest absolute Gasteiger partial charge is 0.493 e. The highest BCUT2D eigenvalue weighted by Gasteiger charge is 2.06. The first-order chi connectivity index (χ1) is 9.13. The number of rotatable bonds is 4. The summed E-state index contributed by atoms with van der Waals surface area (Å²) in [6, 6.07) is 11.5. The van der Waals surface area contributed by atoms with E-state index in [2.05, 4.69) is 5.32 Å². The van der Waals surface area contributed by atoms with Crippen LogP contribution < -0.4 is 20.5 Å². The van der Waals surface area contributed by atoms with Gasteiger partial charge in [-0.1, -0.05) is 6.07 Å². The van der Waals surface area contributed by atoms with Crippen molar-refractivity contribution in [1.29, 1.82) is 0 Å². The van der Waals surface area contributed by atoms with E-state index in [1.165, 1.54) is 0 Å². The number of ether oxygens (including phenoxy) is 2. The Labute approximate surface area is 113 Å². The van der Waals surface area contributed by atoms with Crippen LogP contribution in [0.3, 0.4) is 0 Å².